The van der Waals surface area contributed by atoms with Crippen LogP contribution in [-0.4, -0.2) is 50.6 Å². The van der Waals surface area contributed by atoms with Crippen LogP contribution in [0.2, 0.25) is 0 Å². The number of carbonyl (C=O) groups is 1. The Kier molecular flexibility index (Phi) is 7.97. The van der Waals surface area contributed by atoms with Gasteiger partial charge in [-0.05, 0) is 27.7 Å². The van der Waals surface area contributed by atoms with Crippen molar-refractivity contribution in [2.45, 2.75) is 34.2 Å². The predicted octanol–water partition coefficient (Wildman–Crippen LogP) is 1.43. The smallest absolute Gasteiger partial charge is 0.227 e. The molecular formula is C16H30N6OS. The number of aromatic nitrogens is 1. The lowest BCUT2D eigenvalue weighted by molar-refractivity contribution is -0.128. The number of guanidine groups is 1. The van der Waals surface area contributed by atoms with Gasteiger partial charge in [0.1, 0.15) is 0 Å². The minimum absolute atomic E-state index is 0.0310. The summed E-state index contributed by atoms with van der Waals surface area (Å²) < 4.78 is 0. The summed E-state index contributed by atoms with van der Waals surface area (Å²) in [6.07, 6.45) is 0. The summed E-state index contributed by atoms with van der Waals surface area (Å²) >= 11 is 1.60. The fraction of sp³-hybridized carbons (Fsp3) is 0.688. The summed E-state index contributed by atoms with van der Waals surface area (Å²) in [5.41, 5.74) is 0.425. The van der Waals surface area contributed by atoms with Crippen LogP contribution in [0.5, 0.6) is 0 Å². The summed E-state index contributed by atoms with van der Waals surface area (Å²) in [7, 11) is 3.95. The Hall–Kier alpha value is -1.83. The second-order valence-electron chi connectivity index (χ2n) is 6.31. The van der Waals surface area contributed by atoms with E-state index in [0.717, 1.165) is 17.4 Å². The molecule has 0 atom stereocenters. The van der Waals surface area contributed by atoms with E-state index in [0.29, 0.717) is 25.6 Å². The van der Waals surface area contributed by atoms with Gasteiger partial charge in [0, 0.05) is 39.1 Å². The van der Waals surface area contributed by atoms with Crippen molar-refractivity contribution >= 4 is 28.3 Å². The first-order chi connectivity index (χ1) is 11.3. The number of thiazole rings is 1. The summed E-state index contributed by atoms with van der Waals surface area (Å²) in [4.78, 5) is 23.1. The van der Waals surface area contributed by atoms with Gasteiger partial charge in [-0.3, -0.25) is 4.79 Å². The van der Waals surface area contributed by atoms with E-state index in [1.807, 2.05) is 52.1 Å². The van der Waals surface area contributed by atoms with Crippen molar-refractivity contribution in [3.8, 4) is 0 Å². The third-order valence-corrected chi connectivity index (χ3v) is 4.37. The molecule has 0 fully saturated rings. The average Bonchev–Trinajstić information content (AvgIpc) is 2.99. The fourth-order valence-corrected chi connectivity index (χ4v) is 2.61. The van der Waals surface area contributed by atoms with Crippen molar-refractivity contribution in [1.82, 2.24) is 20.9 Å². The van der Waals surface area contributed by atoms with Crippen LogP contribution in [0.15, 0.2) is 10.4 Å². The predicted molar refractivity (Wildman–Crippen MR) is 102 cm³/mol. The van der Waals surface area contributed by atoms with Crippen LogP contribution in [0, 0.1) is 5.41 Å². The second-order valence-corrected chi connectivity index (χ2v) is 7.14. The molecular weight excluding hydrogens is 324 g/mol. The molecule has 0 aliphatic heterocycles. The summed E-state index contributed by atoms with van der Waals surface area (Å²) in [6, 6.07) is 0. The van der Waals surface area contributed by atoms with E-state index in [1.54, 1.807) is 11.3 Å². The highest BCUT2D eigenvalue weighted by Gasteiger charge is 2.27. The van der Waals surface area contributed by atoms with Crippen LogP contribution in [0.3, 0.4) is 0 Å². The Bertz CT molecular complexity index is 553. The topological polar surface area (TPSA) is 81.7 Å². The van der Waals surface area contributed by atoms with E-state index in [9.17, 15) is 4.79 Å². The van der Waals surface area contributed by atoms with Crippen LogP contribution in [-0.2, 0) is 11.3 Å². The zero-order valence-electron chi connectivity index (χ0n) is 15.6. The number of nitrogens with one attached hydrogen (secondary N) is 3. The lowest BCUT2D eigenvalue weighted by Gasteiger charge is -2.24. The number of carbonyl (C=O) groups excluding carboxylic acids is 1. The molecule has 0 aliphatic carbocycles. The number of hydrogen-bond acceptors (Lipinski definition) is 5. The molecule has 0 bridgehead atoms. The molecule has 0 unspecified atom stereocenters. The van der Waals surface area contributed by atoms with Crippen molar-refractivity contribution in [3.05, 3.63) is 11.1 Å². The zero-order valence-corrected chi connectivity index (χ0v) is 16.4. The molecule has 0 saturated carbocycles. The number of aliphatic imine (C=N–C) groups is 1. The third-order valence-electron chi connectivity index (χ3n) is 3.32. The summed E-state index contributed by atoms with van der Waals surface area (Å²) in [5.74, 6) is 0.720. The maximum atomic E-state index is 12.1. The highest BCUT2D eigenvalue weighted by molar-refractivity contribution is 7.13. The molecule has 3 N–H and O–H groups in total. The van der Waals surface area contributed by atoms with Crippen molar-refractivity contribution in [2.75, 3.05) is 38.6 Å². The minimum atomic E-state index is -0.509. The second kappa shape index (κ2) is 9.46. The minimum Gasteiger partial charge on any atom is -0.357 e. The monoisotopic (exact) mass is 354 g/mol. The van der Waals surface area contributed by atoms with Gasteiger partial charge >= 0.3 is 0 Å². The Balaban J connectivity index is 2.66. The molecule has 1 amide bonds. The average molecular weight is 355 g/mol. The van der Waals surface area contributed by atoms with Crippen molar-refractivity contribution in [3.63, 3.8) is 0 Å². The highest BCUT2D eigenvalue weighted by Crippen LogP contribution is 2.18. The van der Waals surface area contributed by atoms with Gasteiger partial charge in [-0.2, -0.15) is 0 Å². The zero-order chi connectivity index (χ0) is 18.2. The molecule has 1 aromatic heterocycles. The van der Waals surface area contributed by atoms with E-state index >= 15 is 0 Å². The normalized spacial score (nSPS) is 12.0. The molecule has 24 heavy (non-hydrogen) atoms. The molecule has 136 valence electrons. The van der Waals surface area contributed by atoms with Crippen LogP contribution in [0.4, 0.5) is 5.13 Å². The molecule has 0 spiro atoms. The lowest BCUT2D eigenvalue weighted by Crippen LogP contribution is -2.47. The molecule has 0 aliphatic rings. The van der Waals surface area contributed by atoms with E-state index in [4.69, 9.17) is 0 Å². The van der Waals surface area contributed by atoms with Gasteiger partial charge in [0.25, 0.3) is 0 Å². The first-order valence-corrected chi connectivity index (χ1v) is 9.10. The van der Waals surface area contributed by atoms with E-state index < -0.39 is 5.41 Å². The van der Waals surface area contributed by atoms with Crippen LogP contribution < -0.4 is 20.9 Å². The fourth-order valence-electron chi connectivity index (χ4n) is 1.86. The standard InChI is InChI=1S/C16H30N6OS/c1-7-17-13(23)16(3,4)11-20-14(18-8-2)19-9-12-10-24-15(21-12)22(5)6/h10H,7-9,11H2,1-6H3,(H,17,23)(H2,18,19,20). The van der Waals surface area contributed by atoms with Gasteiger partial charge in [0.15, 0.2) is 11.1 Å². The van der Waals surface area contributed by atoms with Crippen molar-refractivity contribution < 1.29 is 4.79 Å². The molecule has 7 nitrogen and oxygen atoms in total. The number of rotatable bonds is 8. The van der Waals surface area contributed by atoms with Gasteiger partial charge in [0.05, 0.1) is 17.7 Å². The largest absolute Gasteiger partial charge is 0.357 e. The summed E-state index contributed by atoms with van der Waals surface area (Å²) in [5, 5.41) is 12.3. The molecule has 1 aromatic rings. The Morgan fingerprint density at radius 1 is 1.25 bits per heavy atom. The van der Waals surface area contributed by atoms with Crippen LogP contribution in [0.1, 0.15) is 33.4 Å². The number of nitrogens with zero attached hydrogens (tertiary/aromatic N) is 3. The number of amides is 1. The Labute approximate surface area is 149 Å². The van der Waals surface area contributed by atoms with E-state index in [2.05, 4.69) is 25.9 Å². The SMILES string of the molecule is CCNC(=O)C(C)(C)CNC(=NCc1csc(N(C)C)n1)NCC. The number of hydrogen-bond donors (Lipinski definition) is 3. The number of anilines is 1. The molecule has 0 saturated heterocycles. The van der Waals surface area contributed by atoms with E-state index in [-0.39, 0.29) is 5.91 Å². The highest BCUT2D eigenvalue weighted by atomic mass is 32.1. The van der Waals surface area contributed by atoms with E-state index in [1.165, 1.54) is 0 Å². The van der Waals surface area contributed by atoms with Gasteiger partial charge < -0.3 is 20.9 Å². The van der Waals surface area contributed by atoms with Crippen LogP contribution >= 0.6 is 11.3 Å². The van der Waals surface area contributed by atoms with Crippen LogP contribution in [0.25, 0.3) is 0 Å². The van der Waals surface area contributed by atoms with Gasteiger partial charge in [0.2, 0.25) is 5.91 Å². The molecule has 0 aromatic carbocycles. The van der Waals surface area contributed by atoms with Gasteiger partial charge in [-0.25, -0.2) is 9.98 Å². The van der Waals surface area contributed by atoms with Crippen molar-refractivity contribution in [1.29, 1.82) is 0 Å². The first kappa shape index (κ1) is 20.2. The maximum absolute atomic E-state index is 12.1. The third kappa shape index (κ3) is 6.35. The molecule has 0 radical (unpaired) electrons. The van der Waals surface area contributed by atoms with Crippen molar-refractivity contribution in [2.24, 2.45) is 10.4 Å². The van der Waals surface area contributed by atoms with Gasteiger partial charge in [-0.1, -0.05) is 0 Å². The van der Waals surface area contributed by atoms with Gasteiger partial charge in [-0.15, -0.1) is 11.3 Å². The Morgan fingerprint density at radius 3 is 2.46 bits per heavy atom. The lowest BCUT2D eigenvalue weighted by atomic mass is 9.92. The summed E-state index contributed by atoms with van der Waals surface area (Å²) in [6.45, 7) is 10.2. The molecule has 8 heteroatoms. The first-order valence-electron chi connectivity index (χ1n) is 8.22. The maximum Gasteiger partial charge on any atom is 0.227 e. The quantitative estimate of drug-likeness (QED) is 0.486. The Morgan fingerprint density at radius 2 is 1.92 bits per heavy atom. The molecule has 1 rings (SSSR count). The molecule has 1 heterocycles.